The Hall–Kier alpha value is -0.780. The van der Waals surface area contributed by atoms with Gasteiger partial charge < -0.3 is 0 Å². The molecule has 2 aliphatic carbocycles. The largest absolute Gasteiger partial charge is 0.298 e. The topological polar surface area (TPSA) is 66.5 Å². The van der Waals surface area contributed by atoms with Crippen LogP contribution in [-0.2, 0) is 19.6 Å². The lowest BCUT2D eigenvalue weighted by atomic mass is 9.64. The molecule has 0 N–H and O–H groups in total. The second-order valence-electron chi connectivity index (χ2n) is 8.02. The average Bonchev–Trinajstić information content (AvgIpc) is 2.56. The summed E-state index contributed by atoms with van der Waals surface area (Å²) in [5.41, 5.74) is -2.60. The van der Waals surface area contributed by atoms with Crippen LogP contribution in [-0.4, -0.2) is 28.9 Å². The van der Waals surface area contributed by atoms with Crippen molar-refractivity contribution in [2.75, 3.05) is 0 Å². The van der Waals surface area contributed by atoms with Gasteiger partial charge in [0.05, 0.1) is 10.8 Å². The van der Waals surface area contributed by atoms with Crippen molar-refractivity contribution in [1.82, 2.24) is 5.23 Å². The third kappa shape index (κ3) is 0.967. The van der Waals surface area contributed by atoms with Gasteiger partial charge in [0.2, 0.25) is 0 Å². The fourth-order valence-electron chi connectivity index (χ4n) is 4.88. The summed E-state index contributed by atoms with van der Waals surface area (Å²) in [4.78, 5) is 30.3. The minimum Gasteiger partial charge on any atom is -0.298 e. The quantitative estimate of drug-likeness (QED) is 0.667. The molecule has 5 nitrogen and oxygen atoms in total. The highest BCUT2D eigenvalue weighted by atomic mass is 16.9. The lowest BCUT2D eigenvalue weighted by molar-refractivity contribution is -0.414. The fraction of sp³-hybridized carbons (Fsp3) is 0.857. The molecule has 5 heteroatoms. The standard InChI is InChI=1S/C14H20NO4/c1-11(2,3)13-8-7(16)9(19-15(8)18)14(13,10(13)17)12(4,5)6/h8-9H,1-6H3. The summed E-state index contributed by atoms with van der Waals surface area (Å²) in [7, 11) is 0. The number of nitrogens with zero attached hydrogens (tertiary/aromatic N) is 1. The highest BCUT2D eigenvalue weighted by Gasteiger charge is 2.98. The predicted octanol–water partition coefficient (Wildman–Crippen LogP) is 1.55. The SMILES string of the molecule is CC(C)(C)C12C(=O)C1(C(C)(C)C)C1C(=O)C2ON1[O]. The average molecular weight is 266 g/mol. The van der Waals surface area contributed by atoms with Crippen molar-refractivity contribution in [1.29, 1.82) is 0 Å². The Morgan fingerprint density at radius 3 is 1.89 bits per heavy atom. The summed E-state index contributed by atoms with van der Waals surface area (Å²) in [5.74, 6) is -0.201. The third-order valence-electron chi connectivity index (χ3n) is 5.39. The summed E-state index contributed by atoms with van der Waals surface area (Å²) < 4.78 is 0. The Morgan fingerprint density at radius 1 is 1.00 bits per heavy atom. The van der Waals surface area contributed by atoms with E-state index in [0.717, 1.165) is 0 Å². The maximum absolute atomic E-state index is 12.8. The van der Waals surface area contributed by atoms with Crippen molar-refractivity contribution in [2.24, 2.45) is 21.7 Å². The summed E-state index contributed by atoms with van der Waals surface area (Å²) in [5, 5.41) is 12.2. The van der Waals surface area contributed by atoms with E-state index in [-0.39, 0.29) is 11.6 Å². The van der Waals surface area contributed by atoms with Crippen LogP contribution in [0.1, 0.15) is 41.5 Å². The lowest BCUT2D eigenvalue weighted by Crippen LogP contribution is -2.49. The van der Waals surface area contributed by atoms with E-state index in [1.165, 1.54) is 0 Å². The van der Waals surface area contributed by atoms with E-state index < -0.39 is 33.8 Å². The number of ketones is 2. The van der Waals surface area contributed by atoms with Crippen LogP contribution in [0.15, 0.2) is 0 Å². The first-order valence-corrected chi connectivity index (χ1v) is 6.67. The maximum Gasteiger partial charge on any atom is 0.188 e. The van der Waals surface area contributed by atoms with Crippen LogP contribution in [0.4, 0.5) is 0 Å². The molecule has 105 valence electrons. The van der Waals surface area contributed by atoms with Crippen LogP contribution in [0.5, 0.6) is 0 Å². The second kappa shape index (κ2) is 2.95. The van der Waals surface area contributed by atoms with Gasteiger partial charge >= 0.3 is 0 Å². The highest BCUT2D eigenvalue weighted by Crippen LogP contribution is 2.83. The van der Waals surface area contributed by atoms with Gasteiger partial charge in [-0.2, -0.15) is 0 Å². The molecule has 3 rings (SSSR count). The normalized spacial score (nSPS) is 45.8. The van der Waals surface area contributed by atoms with Crippen molar-refractivity contribution in [2.45, 2.75) is 53.7 Å². The van der Waals surface area contributed by atoms with E-state index >= 15 is 0 Å². The van der Waals surface area contributed by atoms with Gasteiger partial charge in [-0.15, -0.1) is 0 Å². The smallest absolute Gasteiger partial charge is 0.188 e. The number of carbonyl (C=O) groups is 2. The Morgan fingerprint density at radius 2 is 1.47 bits per heavy atom. The molecule has 1 aliphatic heterocycles. The molecule has 3 aliphatic rings. The number of carbonyl (C=O) groups excluding carboxylic acids is 2. The Kier molecular flexibility index (Phi) is 2.05. The van der Waals surface area contributed by atoms with Crippen LogP contribution in [0.2, 0.25) is 0 Å². The fourth-order valence-corrected chi connectivity index (χ4v) is 4.88. The van der Waals surface area contributed by atoms with Crippen molar-refractivity contribution in [3.63, 3.8) is 0 Å². The number of fused-ring (bicyclic) bond motifs is 5. The van der Waals surface area contributed by atoms with Crippen LogP contribution < -0.4 is 0 Å². The van der Waals surface area contributed by atoms with Gasteiger partial charge in [-0.05, 0) is 16.1 Å². The molecule has 1 saturated heterocycles. The first-order chi connectivity index (χ1) is 8.45. The number of hydrogen-bond donors (Lipinski definition) is 0. The summed E-state index contributed by atoms with van der Waals surface area (Å²) in [6.45, 7) is 11.6. The zero-order valence-electron chi connectivity index (χ0n) is 12.2. The van der Waals surface area contributed by atoms with Crippen molar-refractivity contribution < 1.29 is 19.6 Å². The molecule has 3 fully saturated rings. The molecule has 2 bridgehead atoms. The van der Waals surface area contributed by atoms with E-state index in [4.69, 9.17) is 4.84 Å². The maximum atomic E-state index is 12.8. The monoisotopic (exact) mass is 266 g/mol. The van der Waals surface area contributed by atoms with Gasteiger partial charge in [0.1, 0.15) is 6.04 Å². The molecule has 0 aromatic heterocycles. The van der Waals surface area contributed by atoms with Crippen LogP contribution >= 0.6 is 0 Å². The molecule has 0 spiro atoms. The molecule has 4 atom stereocenters. The van der Waals surface area contributed by atoms with Gasteiger partial charge in [0.25, 0.3) is 0 Å². The first kappa shape index (κ1) is 13.2. The number of Topliss-reactive ketones (excluding diaryl/α,β-unsaturated/α-hetero) is 2. The van der Waals surface area contributed by atoms with E-state index in [0.29, 0.717) is 5.23 Å². The molecule has 1 heterocycles. The van der Waals surface area contributed by atoms with Crippen molar-refractivity contribution in [3.05, 3.63) is 0 Å². The van der Waals surface area contributed by atoms with E-state index in [2.05, 4.69) is 0 Å². The zero-order valence-corrected chi connectivity index (χ0v) is 12.2. The van der Waals surface area contributed by atoms with Gasteiger partial charge in [-0.25, -0.2) is 0 Å². The van der Waals surface area contributed by atoms with Gasteiger partial charge in [-0.1, -0.05) is 46.7 Å². The molecule has 0 amide bonds. The zero-order chi connectivity index (χ0) is 14.6. The van der Waals surface area contributed by atoms with Gasteiger partial charge in [0.15, 0.2) is 17.7 Å². The van der Waals surface area contributed by atoms with Crippen LogP contribution in [0.25, 0.3) is 0 Å². The molecular formula is C14H20NO4. The van der Waals surface area contributed by atoms with Crippen LogP contribution in [0, 0.1) is 21.7 Å². The number of hydroxylamine groups is 2. The molecular weight excluding hydrogens is 246 g/mol. The molecule has 0 aromatic rings. The second-order valence-corrected chi connectivity index (χ2v) is 8.02. The van der Waals surface area contributed by atoms with Crippen molar-refractivity contribution in [3.8, 4) is 0 Å². The Balaban J connectivity index is 2.28. The predicted molar refractivity (Wildman–Crippen MR) is 65.0 cm³/mol. The summed E-state index contributed by atoms with van der Waals surface area (Å²) >= 11 is 0. The first-order valence-electron chi connectivity index (χ1n) is 6.67. The van der Waals surface area contributed by atoms with E-state index in [1.54, 1.807) is 0 Å². The Labute approximate surface area is 112 Å². The molecule has 0 aromatic carbocycles. The van der Waals surface area contributed by atoms with Crippen LogP contribution in [0.3, 0.4) is 0 Å². The molecule has 1 radical (unpaired) electrons. The van der Waals surface area contributed by atoms with E-state index in [1.807, 2.05) is 41.5 Å². The minimum atomic E-state index is -0.968. The minimum absolute atomic E-state index is 0.0213. The summed E-state index contributed by atoms with van der Waals surface area (Å²) in [6.07, 6.45) is -0.901. The lowest BCUT2D eigenvalue weighted by Gasteiger charge is -2.42. The summed E-state index contributed by atoms with van der Waals surface area (Å²) in [6, 6.07) is -0.968. The van der Waals surface area contributed by atoms with Gasteiger partial charge in [0, 0.05) is 0 Å². The molecule has 2 saturated carbocycles. The number of hydrogen-bond acceptors (Lipinski definition) is 4. The Bertz CT molecular complexity index is 501. The van der Waals surface area contributed by atoms with Gasteiger partial charge in [-0.3, -0.25) is 14.4 Å². The van der Waals surface area contributed by atoms with E-state index in [9.17, 15) is 14.8 Å². The third-order valence-corrected chi connectivity index (χ3v) is 5.39. The number of rotatable bonds is 0. The highest BCUT2D eigenvalue weighted by molar-refractivity contribution is 6.23. The van der Waals surface area contributed by atoms with Crippen molar-refractivity contribution >= 4 is 11.6 Å². The molecule has 19 heavy (non-hydrogen) atoms. The molecule has 4 unspecified atom stereocenters.